The van der Waals surface area contributed by atoms with E-state index in [9.17, 15) is 9.59 Å². The molecule has 2 aromatic rings. The summed E-state index contributed by atoms with van der Waals surface area (Å²) in [6.07, 6.45) is 4.07. The second-order valence-electron chi connectivity index (χ2n) is 7.01. The third kappa shape index (κ3) is 12.8. The van der Waals surface area contributed by atoms with Gasteiger partial charge in [-0.15, -0.1) is 0 Å². The molecular formula is C22H30O4. The Balaban J connectivity index is 0.000000362. The van der Waals surface area contributed by atoms with E-state index >= 15 is 0 Å². The number of unbranched alkanes of at least 4 members (excludes halogenated alkanes) is 1. The molecule has 0 amide bonds. The largest absolute Gasteiger partial charge is 0.478 e. The first kappa shape index (κ1) is 23.4. The molecule has 4 heteroatoms. The maximum atomic E-state index is 10.2. The van der Waals surface area contributed by atoms with Crippen LogP contribution in [0.2, 0.25) is 0 Å². The molecule has 0 heterocycles. The van der Waals surface area contributed by atoms with Gasteiger partial charge in [0, 0.05) is 0 Å². The van der Waals surface area contributed by atoms with E-state index < -0.39 is 11.9 Å². The molecule has 0 saturated carbocycles. The average molecular weight is 358 g/mol. The summed E-state index contributed by atoms with van der Waals surface area (Å²) in [5.74, 6) is -1.76. The van der Waals surface area contributed by atoms with Gasteiger partial charge in [0.05, 0.1) is 11.1 Å². The molecule has 0 aliphatic rings. The lowest BCUT2D eigenvalue weighted by atomic mass is 9.90. The Morgan fingerprint density at radius 3 is 1.27 bits per heavy atom. The fourth-order valence-corrected chi connectivity index (χ4v) is 1.87. The van der Waals surface area contributed by atoms with Crippen molar-refractivity contribution >= 4 is 11.9 Å². The SMILES string of the molecule is CCCCC(C)(C)C.O=C(O)c1ccccc1.O=C(O)c1ccccc1. The van der Waals surface area contributed by atoms with Gasteiger partial charge >= 0.3 is 11.9 Å². The summed E-state index contributed by atoms with van der Waals surface area (Å²) in [5, 5.41) is 16.8. The molecule has 0 aliphatic carbocycles. The predicted octanol–water partition coefficient (Wildman–Crippen LogP) is 5.99. The molecule has 142 valence electrons. The molecule has 0 aromatic heterocycles. The summed E-state index contributed by atoms with van der Waals surface area (Å²) in [5.41, 5.74) is 1.21. The van der Waals surface area contributed by atoms with Crippen molar-refractivity contribution in [2.24, 2.45) is 5.41 Å². The zero-order valence-corrected chi connectivity index (χ0v) is 16.1. The van der Waals surface area contributed by atoms with E-state index in [1.807, 2.05) is 0 Å². The highest BCUT2D eigenvalue weighted by Crippen LogP contribution is 2.20. The van der Waals surface area contributed by atoms with Crippen molar-refractivity contribution in [3.63, 3.8) is 0 Å². The minimum atomic E-state index is -0.879. The summed E-state index contributed by atoms with van der Waals surface area (Å²) in [7, 11) is 0. The van der Waals surface area contributed by atoms with Crippen molar-refractivity contribution in [3.8, 4) is 0 Å². The van der Waals surface area contributed by atoms with E-state index in [1.165, 1.54) is 19.3 Å². The number of carbonyl (C=O) groups is 2. The summed E-state index contributed by atoms with van der Waals surface area (Å²) in [6.45, 7) is 9.12. The van der Waals surface area contributed by atoms with E-state index in [-0.39, 0.29) is 0 Å². The average Bonchev–Trinajstić information content (AvgIpc) is 2.62. The summed E-state index contributed by atoms with van der Waals surface area (Å²) >= 11 is 0. The molecule has 0 spiro atoms. The first-order valence-electron chi connectivity index (χ1n) is 8.74. The van der Waals surface area contributed by atoms with Crippen LogP contribution in [0.15, 0.2) is 60.7 Å². The van der Waals surface area contributed by atoms with Crippen LogP contribution >= 0.6 is 0 Å². The van der Waals surface area contributed by atoms with Gasteiger partial charge in [0.15, 0.2) is 0 Å². The van der Waals surface area contributed by atoms with E-state index in [0.717, 1.165) is 0 Å². The molecule has 0 fully saturated rings. The van der Waals surface area contributed by atoms with Crippen molar-refractivity contribution in [2.75, 3.05) is 0 Å². The lowest BCUT2D eigenvalue weighted by molar-refractivity contribution is 0.0686. The van der Waals surface area contributed by atoms with Gasteiger partial charge in [0.1, 0.15) is 0 Å². The second kappa shape index (κ2) is 12.7. The number of hydrogen-bond acceptors (Lipinski definition) is 2. The molecule has 0 atom stereocenters. The fraction of sp³-hybridized carbons (Fsp3) is 0.364. The van der Waals surface area contributed by atoms with E-state index in [0.29, 0.717) is 16.5 Å². The fourth-order valence-electron chi connectivity index (χ4n) is 1.87. The van der Waals surface area contributed by atoms with Crippen LogP contribution in [-0.2, 0) is 0 Å². The van der Waals surface area contributed by atoms with Gasteiger partial charge in [0.25, 0.3) is 0 Å². The Morgan fingerprint density at radius 1 is 0.769 bits per heavy atom. The zero-order chi connectivity index (χ0) is 20.0. The van der Waals surface area contributed by atoms with Crippen LogP contribution in [0.5, 0.6) is 0 Å². The molecule has 2 rings (SSSR count). The maximum Gasteiger partial charge on any atom is 0.335 e. The van der Waals surface area contributed by atoms with Gasteiger partial charge in [-0.05, 0) is 36.1 Å². The predicted molar refractivity (Wildman–Crippen MR) is 106 cm³/mol. The molecule has 4 nitrogen and oxygen atoms in total. The maximum absolute atomic E-state index is 10.2. The zero-order valence-electron chi connectivity index (χ0n) is 16.1. The lowest BCUT2D eigenvalue weighted by Crippen LogP contribution is -2.03. The highest BCUT2D eigenvalue weighted by molar-refractivity contribution is 5.87. The van der Waals surface area contributed by atoms with Gasteiger partial charge in [-0.1, -0.05) is 76.9 Å². The Kier molecular flexibility index (Phi) is 11.4. The molecule has 0 bridgehead atoms. The van der Waals surface area contributed by atoms with Crippen LogP contribution in [0.3, 0.4) is 0 Å². The van der Waals surface area contributed by atoms with Gasteiger partial charge < -0.3 is 10.2 Å². The lowest BCUT2D eigenvalue weighted by Gasteiger charge is -2.16. The number of hydrogen-bond donors (Lipinski definition) is 2. The van der Waals surface area contributed by atoms with Crippen LogP contribution < -0.4 is 0 Å². The third-order valence-electron chi connectivity index (χ3n) is 3.32. The molecule has 0 unspecified atom stereocenters. The van der Waals surface area contributed by atoms with Crippen LogP contribution in [0, 0.1) is 5.41 Å². The van der Waals surface area contributed by atoms with Crippen molar-refractivity contribution in [3.05, 3.63) is 71.8 Å². The van der Waals surface area contributed by atoms with E-state index in [2.05, 4.69) is 27.7 Å². The van der Waals surface area contributed by atoms with Crippen molar-refractivity contribution < 1.29 is 19.8 Å². The smallest absolute Gasteiger partial charge is 0.335 e. The number of aromatic carboxylic acids is 2. The topological polar surface area (TPSA) is 74.6 Å². The quantitative estimate of drug-likeness (QED) is 0.703. The van der Waals surface area contributed by atoms with Crippen LogP contribution in [0.4, 0.5) is 0 Å². The van der Waals surface area contributed by atoms with E-state index in [4.69, 9.17) is 10.2 Å². The summed E-state index contributed by atoms with van der Waals surface area (Å²) in [4.78, 5) is 20.4. The minimum absolute atomic E-state index is 0.331. The summed E-state index contributed by atoms with van der Waals surface area (Å²) < 4.78 is 0. The number of carboxylic acids is 2. The highest BCUT2D eigenvalue weighted by atomic mass is 16.4. The molecule has 2 aromatic carbocycles. The Morgan fingerprint density at radius 2 is 1.12 bits per heavy atom. The number of rotatable bonds is 4. The van der Waals surface area contributed by atoms with Crippen LogP contribution in [0.1, 0.15) is 67.7 Å². The highest BCUT2D eigenvalue weighted by Gasteiger charge is 2.07. The number of carboxylic acid groups (broad SMARTS) is 2. The molecule has 0 aliphatic heterocycles. The molecule has 0 saturated heterocycles. The third-order valence-corrected chi connectivity index (χ3v) is 3.32. The minimum Gasteiger partial charge on any atom is -0.478 e. The Bertz CT molecular complexity index is 579. The van der Waals surface area contributed by atoms with Crippen molar-refractivity contribution in [1.29, 1.82) is 0 Å². The van der Waals surface area contributed by atoms with Gasteiger partial charge in [0.2, 0.25) is 0 Å². The van der Waals surface area contributed by atoms with Crippen molar-refractivity contribution in [2.45, 2.75) is 47.0 Å². The van der Waals surface area contributed by atoms with Gasteiger partial charge in [-0.3, -0.25) is 0 Å². The first-order valence-corrected chi connectivity index (χ1v) is 8.74. The van der Waals surface area contributed by atoms with Gasteiger partial charge in [-0.2, -0.15) is 0 Å². The molecule has 2 N–H and O–H groups in total. The molecular weight excluding hydrogens is 328 g/mol. The van der Waals surface area contributed by atoms with Crippen LogP contribution in [-0.4, -0.2) is 22.2 Å². The number of benzene rings is 2. The molecule has 26 heavy (non-hydrogen) atoms. The van der Waals surface area contributed by atoms with Crippen LogP contribution in [0.25, 0.3) is 0 Å². The van der Waals surface area contributed by atoms with Crippen molar-refractivity contribution in [1.82, 2.24) is 0 Å². The Labute approximate surface area is 156 Å². The first-order chi connectivity index (χ1) is 12.2. The van der Waals surface area contributed by atoms with Gasteiger partial charge in [-0.25, -0.2) is 9.59 Å². The Hall–Kier alpha value is -2.62. The standard InChI is InChI=1S/C8H18.2C7H6O2/c1-5-6-7-8(2,3)4;2*8-7(9)6-4-2-1-3-5-6/h5-7H2,1-4H3;2*1-5H,(H,8,9). The van der Waals surface area contributed by atoms with E-state index in [1.54, 1.807) is 60.7 Å². The normalized spacial score (nSPS) is 9.85. The molecule has 0 radical (unpaired) electrons. The monoisotopic (exact) mass is 358 g/mol. The second-order valence-corrected chi connectivity index (χ2v) is 7.01. The summed E-state index contributed by atoms with van der Waals surface area (Å²) in [6, 6.07) is 16.6.